The van der Waals surface area contributed by atoms with E-state index < -0.39 is 66.1 Å². The predicted octanol–water partition coefficient (Wildman–Crippen LogP) is 1.52. The summed E-state index contributed by atoms with van der Waals surface area (Å²) >= 11 is 0. The number of halogens is 2. The number of hydrogen-bond donors (Lipinski definition) is 2. The lowest BCUT2D eigenvalue weighted by molar-refractivity contribution is -0.161. The second-order valence-electron chi connectivity index (χ2n) is 7.50. The molecule has 1 aromatic rings. The van der Waals surface area contributed by atoms with Crippen LogP contribution in [0.25, 0.3) is 0 Å². The first-order valence-electron chi connectivity index (χ1n) is 8.95. The monoisotopic (exact) mass is 413 g/mol. The number of rotatable bonds is 5. The van der Waals surface area contributed by atoms with Gasteiger partial charge in [-0.15, -0.1) is 0 Å². The number of ether oxygens (including phenoxy) is 2. The van der Waals surface area contributed by atoms with Gasteiger partial charge in [0.15, 0.2) is 11.6 Å². The van der Waals surface area contributed by atoms with E-state index in [-0.39, 0.29) is 18.4 Å². The molecule has 1 heterocycles. The minimum Gasteiger partial charge on any atom is -0.534 e. The number of amides is 1. The molecule has 1 atom stereocenters. The molecule has 0 fully saturated rings. The second-order valence-corrected chi connectivity index (χ2v) is 7.50. The lowest BCUT2D eigenvalue weighted by Gasteiger charge is -2.29. The van der Waals surface area contributed by atoms with Crippen LogP contribution in [0.3, 0.4) is 0 Å². The van der Waals surface area contributed by atoms with Crippen molar-refractivity contribution in [2.45, 2.75) is 46.5 Å². The molecule has 0 saturated carbocycles. The van der Waals surface area contributed by atoms with Crippen LogP contribution >= 0.6 is 0 Å². The Bertz CT molecular complexity index is 825. The molecule has 1 aliphatic rings. The van der Waals surface area contributed by atoms with Crippen LogP contribution in [0.1, 0.15) is 50.0 Å². The van der Waals surface area contributed by atoms with Gasteiger partial charge in [-0.2, -0.15) is 0 Å². The molecular formula is C18H22BF2NO7. The minimum absolute atomic E-state index is 0.118. The topological polar surface area (TPSA) is 111 Å². The predicted molar refractivity (Wildman–Crippen MR) is 96.7 cm³/mol. The van der Waals surface area contributed by atoms with E-state index in [1.165, 1.54) is 0 Å². The van der Waals surface area contributed by atoms with Gasteiger partial charge in [0.25, 0.3) is 0 Å². The van der Waals surface area contributed by atoms with Crippen LogP contribution in [-0.4, -0.2) is 42.7 Å². The van der Waals surface area contributed by atoms with E-state index in [9.17, 15) is 28.2 Å². The van der Waals surface area contributed by atoms with Crippen molar-refractivity contribution >= 4 is 25.0 Å². The van der Waals surface area contributed by atoms with Gasteiger partial charge in [0.05, 0.1) is 11.4 Å². The third-order valence-corrected chi connectivity index (χ3v) is 4.15. The van der Waals surface area contributed by atoms with Crippen molar-refractivity contribution in [2.24, 2.45) is 5.41 Å². The summed E-state index contributed by atoms with van der Waals surface area (Å²) in [6.07, 6.45) is -0.183. The van der Waals surface area contributed by atoms with Crippen molar-refractivity contribution in [3.8, 4) is 5.75 Å². The number of hydrogen-bond acceptors (Lipinski definition) is 7. The number of carbonyl (C=O) groups is 3. The molecule has 0 radical (unpaired) electrons. The molecule has 1 aliphatic heterocycles. The first kappa shape index (κ1) is 22.6. The maximum absolute atomic E-state index is 14.3. The Kier molecular flexibility index (Phi) is 6.83. The molecule has 0 aliphatic carbocycles. The molecule has 29 heavy (non-hydrogen) atoms. The Morgan fingerprint density at radius 2 is 1.97 bits per heavy atom. The normalized spacial score (nSPS) is 15.8. The smallest absolute Gasteiger partial charge is 0.534 e. The maximum Gasteiger partial charge on any atom is 0.547 e. The number of benzene rings is 1. The lowest BCUT2D eigenvalue weighted by Crippen LogP contribution is -2.53. The van der Waals surface area contributed by atoms with E-state index in [0.717, 1.165) is 0 Å². The molecule has 1 amide bonds. The van der Waals surface area contributed by atoms with E-state index in [1.54, 1.807) is 27.7 Å². The summed E-state index contributed by atoms with van der Waals surface area (Å²) in [7, 11) is -1.59. The van der Waals surface area contributed by atoms with Crippen LogP contribution in [-0.2, 0) is 25.5 Å². The van der Waals surface area contributed by atoms with E-state index in [1.807, 2.05) is 0 Å². The quantitative estimate of drug-likeness (QED) is 0.428. The highest BCUT2D eigenvalue weighted by Gasteiger charge is 2.40. The molecule has 2 rings (SSSR count). The first-order chi connectivity index (χ1) is 13.5. The highest BCUT2D eigenvalue weighted by molar-refractivity contribution is 6.47. The largest absolute Gasteiger partial charge is 0.547 e. The van der Waals surface area contributed by atoms with Crippen LogP contribution < -0.4 is 9.97 Å². The van der Waals surface area contributed by atoms with Crippen molar-refractivity contribution in [3.63, 3.8) is 0 Å². The molecule has 158 valence electrons. The zero-order valence-electron chi connectivity index (χ0n) is 16.5. The lowest BCUT2D eigenvalue weighted by atomic mass is 9.72. The van der Waals surface area contributed by atoms with E-state index in [4.69, 9.17) is 14.1 Å². The fourth-order valence-electron chi connectivity index (χ4n) is 2.52. The molecule has 0 aromatic heterocycles. The highest BCUT2D eigenvalue weighted by atomic mass is 19.2. The average Bonchev–Trinajstić information content (AvgIpc) is 2.64. The summed E-state index contributed by atoms with van der Waals surface area (Å²) in [5.74, 6) is -6.20. The van der Waals surface area contributed by atoms with Crippen molar-refractivity contribution in [2.75, 3.05) is 6.79 Å². The summed E-state index contributed by atoms with van der Waals surface area (Å²) in [6.45, 7) is 5.66. The van der Waals surface area contributed by atoms with Gasteiger partial charge in [-0.1, -0.05) is 6.92 Å². The average molecular weight is 413 g/mol. The van der Waals surface area contributed by atoms with E-state index in [0.29, 0.717) is 6.07 Å². The van der Waals surface area contributed by atoms with Gasteiger partial charge in [-0.3, -0.25) is 9.59 Å². The Morgan fingerprint density at radius 1 is 1.31 bits per heavy atom. The van der Waals surface area contributed by atoms with Gasteiger partial charge in [-0.25, -0.2) is 13.6 Å². The van der Waals surface area contributed by atoms with E-state index in [2.05, 4.69) is 5.32 Å². The summed E-state index contributed by atoms with van der Waals surface area (Å²) in [6, 6.07) is 0.569. The summed E-state index contributed by atoms with van der Waals surface area (Å²) in [5.41, 5.74) is -1.63. The van der Waals surface area contributed by atoms with Crippen LogP contribution in [0.15, 0.2) is 6.07 Å². The third kappa shape index (κ3) is 5.23. The number of esters is 2. The number of carbonyl (C=O) groups excluding carboxylic acids is 3. The minimum atomic E-state index is -1.59. The zero-order valence-corrected chi connectivity index (χ0v) is 16.5. The molecule has 11 heteroatoms. The Balaban J connectivity index is 2.22. The van der Waals surface area contributed by atoms with Gasteiger partial charge in [-0.05, 0) is 33.3 Å². The fraction of sp³-hybridized carbons (Fsp3) is 0.500. The van der Waals surface area contributed by atoms with Crippen LogP contribution in [0.5, 0.6) is 5.75 Å². The molecule has 0 unspecified atom stereocenters. The molecule has 0 bridgehead atoms. The van der Waals surface area contributed by atoms with Crippen LogP contribution in [0.4, 0.5) is 8.78 Å². The van der Waals surface area contributed by atoms with Gasteiger partial charge < -0.3 is 24.5 Å². The van der Waals surface area contributed by atoms with Gasteiger partial charge in [0, 0.05) is 12.0 Å². The molecular weight excluding hydrogens is 391 g/mol. The molecule has 0 spiro atoms. The van der Waals surface area contributed by atoms with Crippen LogP contribution in [0.2, 0.25) is 0 Å². The second kappa shape index (κ2) is 8.77. The SMILES string of the molecule is CCC(=O)N[C@H]1Cc2c(F)c(F)cc(C(=O)OCOC(=O)C(C)(C)C)c2OB1O. The van der Waals surface area contributed by atoms with Gasteiger partial charge in [0.1, 0.15) is 11.3 Å². The van der Waals surface area contributed by atoms with Crippen molar-refractivity contribution in [3.05, 3.63) is 28.8 Å². The number of nitrogens with one attached hydrogen (secondary N) is 1. The van der Waals surface area contributed by atoms with Crippen molar-refractivity contribution in [1.29, 1.82) is 0 Å². The molecule has 2 N–H and O–H groups in total. The summed E-state index contributed by atoms with van der Waals surface area (Å²) < 4.78 is 43.1. The maximum atomic E-state index is 14.3. The molecule has 0 saturated heterocycles. The zero-order chi connectivity index (χ0) is 21.9. The Labute approximate surface area is 166 Å². The Morgan fingerprint density at radius 3 is 2.55 bits per heavy atom. The van der Waals surface area contributed by atoms with Gasteiger partial charge >= 0.3 is 19.1 Å². The highest BCUT2D eigenvalue weighted by Crippen LogP contribution is 2.34. The third-order valence-electron chi connectivity index (χ3n) is 4.15. The molecule has 1 aromatic carbocycles. The summed E-state index contributed by atoms with van der Waals surface area (Å²) in [5, 5.41) is 12.5. The van der Waals surface area contributed by atoms with Crippen molar-refractivity contribution in [1.82, 2.24) is 5.32 Å². The Hall–Kier alpha value is -2.69. The standard InChI is InChI=1S/C18H22BF2NO7/c1-5-13(23)22-12-7-9-14(21)11(20)6-10(15(9)29-19(12)26)16(24)27-8-28-17(25)18(2,3)4/h6,12,26H,5,7-8H2,1-4H3,(H,22,23)/t12-/m0/s1. The van der Waals surface area contributed by atoms with Gasteiger partial charge in [0.2, 0.25) is 12.7 Å². The summed E-state index contributed by atoms with van der Waals surface area (Å²) in [4.78, 5) is 35.5. The van der Waals surface area contributed by atoms with Crippen LogP contribution in [0, 0.1) is 17.0 Å². The fourth-order valence-corrected chi connectivity index (χ4v) is 2.52. The molecule has 8 nitrogen and oxygen atoms in total. The van der Waals surface area contributed by atoms with Crippen molar-refractivity contribution < 1.29 is 42.3 Å². The number of fused-ring (bicyclic) bond motifs is 1. The first-order valence-corrected chi connectivity index (χ1v) is 8.95. The van der Waals surface area contributed by atoms with E-state index >= 15 is 0 Å².